The number of aromatic nitrogens is 1. The number of aryl methyl sites for hydroxylation is 1. The Morgan fingerprint density at radius 2 is 1.71 bits per heavy atom. The molecule has 21 heavy (non-hydrogen) atoms. The van der Waals surface area contributed by atoms with Gasteiger partial charge in [0.2, 0.25) is 0 Å². The summed E-state index contributed by atoms with van der Waals surface area (Å²) >= 11 is 0. The average Bonchev–Trinajstić information content (AvgIpc) is 2.71. The van der Waals surface area contributed by atoms with Gasteiger partial charge in [-0.05, 0) is 30.3 Å². The van der Waals surface area contributed by atoms with Crippen molar-refractivity contribution in [3.63, 3.8) is 0 Å². The average molecular weight is 289 g/mol. The molecule has 0 saturated carbocycles. The second-order valence-corrected chi connectivity index (χ2v) is 4.60. The van der Waals surface area contributed by atoms with Crippen LogP contribution in [0, 0.1) is 11.6 Å². The van der Waals surface area contributed by atoms with Crippen molar-refractivity contribution in [2.75, 3.05) is 0 Å². The van der Waals surface area contributed by atoms with Gasteiger partial charge < -0.3 is 4.42 Å². The quantitative estimate of drug-likeness (QED) is 0.681. The summed E-state index contributed by atoms with van der Waals surface area (Å²) < 4.78 is 32.6. The molecule has 106 valence electrons. The van der Waals surface area contributed by atoms with Crippen molar-refractivity contribution in [3.05, 3.63) is 69.7 Å². The largest absolute Gasteiger partial charge is 0.419 e. The van der Waals surface area contributed by atoms with E-state index in [0.29, 0.717) is 11.6 Å². The first kappa shape index (κ1) is 13.2. The number of halogens is 2. The monoisotopic (exact) mass is 289 g/mol. The topological polar surface area (TPSA) is 52.2 Å². The molecule has 1 heterocycles. The van der Waals surface area contributed by atoms with Crippen LogP contribution in [0.2, 0.25) is 0 Å². The van der Waals surface area contributed by atoms with Crippen LogP contribution in [0.15, 0.2) is 45.6 Å². The first-order chi connectivity index (χ1) is 9.95. The number of rotatable bonds is 2. The predicted octanol–water partition coefficient (Wildman–Crippen LogP) is 2.64. The first-order valence-electron chi connectivity index (χ1n) is 6.06. The van der Waals surface area contributed by atoms with E-state index < -0.39 is 23.2 Å². The van der Waals surface area contributed by atoms with E-state index in [1.54, 1.807) is 6.07 Å². The van der Waals surface area contributed by atoms with Gasteiger partial charge in [0.25, 0.3) is 0 Å². The molecule has 0 aliphatic heterocycles. The van der Waals surface area contributed by atoms with Crippen molar-refractivity contribution in [3.8, 4) is 0 Å². The van der Waals surface area contributed by atoms with Crippen molar-refractivity contribution in [1.29, 1.82) is 0 Å². The Kier molecular flexibility index (Phi) is 2.94. The molecule has 0 fully saturated rings. The van der Waals surface area contributed by atoms with Gasteiger partial charge in [0.05, 0.1) is 5.52 Å². The lowest BCUT2D eigenvalue weighted by molar-refractivity contribution is 0.103. The number of carbonyl (C=O) groups excluding carboxylic acids is 1. The molecule has 0 atom stereocenters. The van der Waals surface area contributed by atoms with Crippen LogP contribution in [-0.2, 0) is 7.05 Å². The Hall–Kier alpha value is -2.76. The second kappa shape index (κ2) is 4.66. The number of oxazole rings is 1. The number of carbonyl (C=O) groups is 1. The van der Waals surface area contributed by atoms with Gasteiger partial charge in [-0.2, -0.15) is 0 Å². The summed E-state index contributed by atoms with van der Waals surface area (Å²) in [6, 6.07) is 7.00. The van der Waals surface area contributed by atoms with E-state index in [2.05, 4.69) is 0 Å². The lowest BCUT2D eigenvalue weighted by Gasteiger charge is -2.02. The highest BCUT2D eigenvalue weighted by Gasteiger charge is 2.14. The van der Waals surface area contributed by atoms with Gasteiger partial charge in [0.15, 0.2) is 11.4 Å². The molecule has 6 heteroatoms. The summed E-state index contributed by atoms with van der Waals surface area (Å²) in [5.41, 5.74) is 0.846. The molecule has 2 aromatic carbocycles. The number of fused-ring (bicyclic) bond motifs is 1. The molecule has 0 saturated heterocycles. The van der Waals surface area contributed by atoms with Crippen LogP contribution in [0.25, 0.3) is 11.1 Å². The third-order valence-corrected chi connectivity index (χ3v) is 3.18. The number of benzene rings is 2. The number of ketones is 1. The SMILES string of the molecule is Cn1c(=O)oc2cc(C(=O)c3cc(F)cc(F)c3)ccc21. The van der Waals surface area contributed by atoms with Crippen molar-refractivity contribution in [1.82, 2.24) is 4.57 Å². The van der Waals surface area contributed by atoms with Crippen LogP contribution in [0.3, 0.4) is 0 Å². The van der Waals surface area contributed by atoms with Crippen molar-refractivity contribution < 1.29 is 18.0 Å². The third kappa shape index (κ3) is 2.24. The molecule has 3 rings (SSSR count). The minimum absolute atomic E-state index is 0.106. The molecule has 0 spiro atoms. The maximum Gasteiger partial charge on any atom is 0.419 e. The fourth-order valence-electron chi connectivity index (χ4n) is 2.13. The van der Waals surface area contributed by atoms with Gasteiger partial charge in [-0.1, -0.05) is 0 Å². The van der Waals surface area contributed by atoms with Crippen LogP contribution in [0.4, 0.5) is 8.78 Å². The lowest BCUT2D eigenvalue weighted by Crippen LogP contribution is -2.08. The predicted molar refractivity (Wildman–Crippen MR) is 71.2 cm³/mol. The zero-order chi connectivity index (χ0) is 15.1. The van der Waals surface area contributed by atoms with Gasteiger partial charge in [0.1, 0.15) is 11.6 Å². The van der Waals surface area contributed by atoms with Crippen molar-refractivity contribution in [2.45, 2.75) is 0 Å². The van der Waals surface area contributed by atoms with Gasteiger partial charge >= 0.3 is 5.76 Å². The zero-order valence-electron chi connectivity index (χ0n) is 10.9. The van der Waals surface area contributed by atoms with Crippen LogP contribution in [-0.4, -0.2) is 10.4 Å². The summed E-state index contributed by atoms with van der Waals surface area (Å²) in [5.74, 6) is -2.76. The molecular formula is C15H9F2NO3. The number of hydrogen-bond acceptors (Lipinski definition) is 3. The summed E-state index contributed by atoms with van der Waals surface area (Å²) in [7, 11) is 1.54. The molecule has 0 bridgehead atoms. The van der Waals surface area contributed by atoms with Crippen LogP contribution < -0.4 is 5.76 Å². The summed E-state index contributed by atoms with van der Waals surface area (Å²) in [4.78, 5) is 23.6. The van der Waals surface area contributed by atoms with E-state index in [0.717, 1.165) is 12.1 Å². The summed E-state index contributed by atoms with van der Waals surface area (Å²) in [6.45, 7) is 0. The van der Waals surface area contributed by atoms with Crippen LogP contribution >= 0.6 is 0 Å². The van der Waals surface area contributed by atoms with Gasteiger partial charge in [-0.3, -0.25) is 9.36 Å². The Morgan fingerprint density at radius 3 is 2.38 bits per heavy atom. The molecular weight excluding hydrogens is 280 g/mol. The molecule has 4 nitrogen and oxygen atoms in total. The summed E-state index contributed by atoms with van der Waals surface area (Å²) in [6.07, 6.45) is 0. The second-order valence-electron chi connectivity index (χ2n) is 4.60. The molecule has 1 aromatic heterocycles. The fourth-order valence-corrected chi connectivity index (χ4v) is 2.13. The van der Waals surface area contributed by atoms with Crippen molar-refractivity contribution >= 4 is 16.9 Å². The molecule has 0 unspecified atom stereocenters. The highest BCUT2D eigenvalue weighted by Crippen LogP contribution is 2.18. The number of hydrogen-bond donors (Lipinski definition) is 0. The Morgan fingerprint density at radius 1 is 1.05 bits per heavy atom. The Labute approximate surface area is 117 Å². The van der Waals surface area contributed by atoms with E-state index in [1.165, 1.54) is 23.7 Å². The van der Waals surface area contributed by atoms with Crippen LogP contribution in [0.1, 0.15) is 15.9 Å². The Bertz CT molecular complexity index is 904. The highest BCUT2D eigenvalue weighted by molar-refractivity contribution is 6.10. The zero-order valence-corrected chi connectivity index (χ0v) is 10.9. The molecule has 0 amide bonds. The summed E-state index contributed by atoms with van der Waals surface area (Å²) in [5, 5.41) is 0. The normalized spacial score (nSPS) is 11.0. The minimum atomic E-state index is -0.828. The molecule has 0 aliphatic rings. The number of nitrogens with zero attached hydrogens (tertiary/aromatic N) is 1. The van der Waals surface area contributed by atoms with Crippen LogP contribution in [0.5, 0.6) is 0 Å². The third-order valence-electron chi connectivity index (χ3n) is 3.18. The fraction of sp³-hybridized carbons (Fsp3) is 0.0667. The van der Waals surface area contributed by atoms with Gasteiger partial charge in [0, 0.05) is 24.2 Å². The molecule has 0 radical (unpaired) electrons. The Balaban J connectivity index is 2.11. The smallest absolute Gasteiger partial charge is 0.408 e. The van der Waals surface area contributed by atoms with Gasteiger partial charge in [-0.15, -0.1) is 0 Å². The highest BCUT2D eigenvalue weighted by atomic mass is 19.1. The van der Waals surface area contributed by atoms with E-state index in [9.17, 15) is 18.4 Å². The molecule has 0 aliphatic carbocycles. The maximum atomic E-state index is 13.2. The first-order valence-corrected chi connectivity index (χ1v) is 6.06. The maximum absolute atomic E-state index is 13.2. The van der Waals surface area contributed by atoms with Gasteiger partial charge in [-0.25, -0.2) is 13.6 Å². The van der Waals surface area contributed by atoms with E-state index >= 15 is 0 Å². The molecule has 0 N–H and O–H groups in total. The van der Waals surface area contributed by atoms with E-state index in [4.69, 9.17) is 4.42 Å². The van der Waals surface area contributed by atoms with E-state index in [-0.39, 0.29) is 16.7 Å². The van der Waals surface area contributed by atoms with Crippen molar-refractivity contribution in [2.24, 2.45) is 7.05 Å². The van der Waals surface area contributed by atoms with E-state index in [1.807, 2.05) is 0 Å². The standard InChI is InChI=1S/C15H9F2NO3/c1-18-12-3-2-8(6-13(12)21-15(18)20)14(19)9-4-10(16)7-11(17)5-9/h2-7H,1H3. The minimum Gasteiger partial charge on any atom is -0.408 e. The molecule has 3 aromatic rings. The lowest BCUT2D eigenvalue weighted by atomic mass is 10.0.